The molecule has 0 N–H and O–H groups in total. The summed E-state index contributed by atoms with van der Waals surface area (Å²) in [5.74, 6) is 0.775. The number of ketones is 1. The normalized spacial score (nSPS) is 17.2. The first kappa shape index (κ1) is 13.5. The minimum Gasteiger partial charge on any atom is -0.454 e. The van der Waals surface area contributed by atoms with Crippen molar-refractivity contribution in [1.82, 2.24) is 0 Å². The summed E-state index contributed by atoms with van der Waals surface area (Å²) >= 11 is 3.22. The molecule has 0 unspecified atom stereocenters. The summed E-state index contributed by atoms with van der Waals surface area (Å²) in [6, 6.07) is 8.54. The minimum atomic E-state index is -0.362. The van der Waals surface area contributed by atoms with Gasteiger partial charge in [-0.3, -0.25) is 4.79 Å². The van der Waals surface area contributed by atoms with Gasteiger partial charge in [0, 0.05) is 33.2 Å². The number of hydrogen-bond acceptors (Lipinski definition) is 3. The Bertz CT molecular complexity index is 842. The van der Waals surface area contributed by atoms with E-state index in [1.54, 1.807) is 12.1 Å². The number of rotatable bonds is 1. The first-order chi connectivity index (χ1) is 10.6. The number of carbonyl (C=O) groups is 1. The Balaban J connectivity index is 1.79. The van der Waals surface area contributed by atoms with Crippen LogP contribution >= 0.6 is 15.9 Å². The zero-order chi connectivity index (χ0) is 15.3. The molecule has 0 fully saturated rings. The molecule has 4 rings (SSSR count). The van der Waals surface area contributed by atoms with E-state index in [2.05, 4.69) is 15.9 Å². The maximum Gasteiger partial charge on any atom is 0.231 e. The third-order valence-electron chi connectivity index (χ3n) is 3.82. The molecule has 0 saturated carbocycles. The van der Waals surface area contributed by atoms with Crippen LogP contribution in [0, 0.1) is 5.82 Å². The molecule has 1 aliphatic heterocycles. The highest BCUT2D eigenvalue weighted by atomic mass is 79.9. The van der Waals surface area contributed by atoms with Crippen molar-refractivity contribution in [3.8, 4) is 11.5 Å². The van der Waals surface area contributed by atoms with Gasteiger partial charge in [0.05, 0.1) is 0 Å². The fourth-order valence-electron chi connectivity index (χ4n) is 2.80. The van der Waals surface area contributed by atoms with Gasteiger partial charge in [0.2, 0.25) is 6.79 Å². The van der Waals surface area contributed by atoms with Crippen LogP contribution in [0.15, 0.2) is 40.4 Å². The highest BCUT2D eigenvalue weighted by Crippen LogP contribution is 2.38. The molecule has 2 aliphatic rings. The molecule has 0 amide bonds. The van der Waals surface area contributed by atoms with Crippen LogP contribution in [0.1, 0.15) is 21.5 Å². The smallest absolute Gasteiger partial charge is 0.231 e. The molecule has 0 bridgehead atoms. The summed E-state index contributed by atoms with van der Waals surface area (Å²) in [7, 11) is 0. The van der Waals surface area contributed by atoms with Crippen LogP contribution in [0.3, 0.4) is 0 Å². The quantitative estimate of drug-likeness (QED) is 0.717. The Morgan fingerprint density at radius 3 is 2.95 bits per heavy atom. The topological polar surface area (TPSA) is 35.5 Å². The zero-order valence-corrected chi connectivity index (χ0v) is 12.9. The average molecular weight is 361 g/mol. The maximum absolute atomic E-state index is 14.0. The molecule has 0 radical (unpaired) electrons. The van der Waals surface area contributed by atoms with Crippen molar-refractivity contribution in [3.05, 3.63) is 62.9 Å². The fraction of sp³-hybridized carbons (Fsp3) is 0.118. The lowest BCUT2D eigenvalue weighted by atomic mass is 10.1. The van der Waals surface area contributed by atoms with E-state index in [4.69, 9.17) is 9.47 Å². The standard InChI is InChI=1S/C17H10BrFO3/c18-11-6-13-12(14(19)7-11)5-10(16(13)20)4-9-2-1-3-15-17(9)22-8-21-15/h1-4,6-7H,5,8H2/b10-4+. The number of Topliss-reactive ketones (excluding diaryl/α,β-unsaturated/α-hetero) is 1. The predicted molar refractivity (Wildman–Crippen MR) is 82.7 cm³/mol. The number of carbonyl (C=O) groups excluding carboxylic acids is 1. The molecular weight excluding hydrogens is 351 g/mol. The second-order valence-corrected chi connectivity index (χ2v) is 6.09. The van der Waals surface area contributed by atoms with Crippen molar-refractivity contribution < 1.29 is 18.7 Å². The summed E-state index contributed by atoms with van der Waals surface area (Å²) < 4.78 is 25.3. The molecule has 22 heavy (non-hydrogen) atoms. The van der Waals surface area contributed by atoms with Gasteiger partial charge in [-0.2, -0.15) is 0 Å². The van der Waals surface area contributed by atoms with Crippen LogP contribution < -0.4 is 9.47 Å². The van der Waals surface area contributed by atoms with Crippen LogP contribution in [0.5, 0.6) is 11.5 Å². The van der Waals surface area contributed by atoms with Crippen LogP contribution in [0.2, 0.25) is 0 Å². The number of hydrogen-bond donors (Lipinski definition) is 0. The molecular formula is C17H10BrFO3. The van der Waals surface area contributed by atoms with Crippen LogP contribution in [-0.4, -0.2) is 12.6 Å². The Morgan fingerprint density at radius 2 is 2.09 bits per heavy atom. The Hall–Kier alpha value is -2.14. The number of halogens is 2. The first-order valence-corrected chi connectivity index (χ1v) is 7.54. The molecule has 110 valence electrons. The molecule has 5 heteroatoms. The Kier molecular flexibility index (Phi) is 3.04. The minimum absolute atomic E-state index is 0.147. The largest absolute Gasteiger partial charge is 0.454 e. The van der Waals surface area contributed by atoms with E-state index < -0.39 is 0 Å². The van der Waals surface area contributed by atoms with E-state index in [-0.39, 0.29) is 24.8 Å². The lowest BCUT2D eigenvalue weighted by Gasteiger charge is -2.02. The van der Waals surface area contributed by atoms with Gasteiger partial charge in [-0.25, -0.2) is 4.39 Å². The van der Waals surface area contributed by atoms with Gasteiger partial charge in [-0.15, -0.1) is 0 Å². The Morgan fingerprint density at radius 1 is 1.23 bits per heavy atom. The van der Waals surface area contributed by atoms with Crippen LogP contribution in [0.4, 0.5) is 4.39 Å². The second kappa shape index (κ2) is 4.95. The molecule has 3 nitrogen and oxygen atoms in total. The number of benzene rings is 2. The molecule has 0 atom stereocenters. The number of para-hydroxylation sites is 1. The Labute approximate surface area is 134 Å². The summed E-state index contributed by atoms with van der Waals surface area (Å²) in [4.78, 5) is 12.5. The molecule has 0 saturated heterocycles. The summed E-state index contributed by atoms with van der Waals surface area (Å²) in [6.45, 7) is 0.172. The lowest BCUT2D eigenvalue weighted by molar-refractivity contribution is 0.104. The van der Waals surface area contributed by atoms with E-state index in [0.717, 1.165) is 5.56 Å². The van der Waals surface area contributed by atoms with Crippen molar-refractivity contribution in [3.63, 3.8) is 0 Å². The van der Waals surface area contributed by atoms with Gasteiger partial charge < -0.3 is 9.47 Å². The second-order valence-electron chi connectivity index (χ2n) is 5.17. The lowest BCUT2D eigenvalue weighted by Crippen LogP contribution is -1.96. The van der Waals surface area contributed by atoms with Gasteiger partial charge in [0.25, 0.3) is 0 Å². The van der Waals surface area contributed by atoms with Crippen molar-refractivity contribution in [2.24, 2.45) is 0 Å². The van der Waals surface area contributed by atoms with E-state index in [9.17, 15) is 9.18 Å². The molecule has 2 aromatic carbocycles. The average Bonchev–Trinajstić information content (AvgIpc) is 3.07. The van der Waals surface area contributed by atoms with Gasteiger partial charge >= 0.3 is 0 Å². The van der Waals surface area contributed by atoms with Crippen LogP contribution in [-0.2, 0) is 6.42 Å². The van der Waals surface area contributed by atoms with Crippen molar-refractivity contribution in [2.45, 2.75) is 6.42 Å². The highest BCUT2D eigenvalue weighted by molar-refractivity contribution is 9.10. The maximum atomic E-state index is 14.0. The molecule has 1 heterocycles. The predicted octanol–water partition coefficient (Wildman–Crippen LogP) is 4.14. The number of ether oxygens (including phenoxy) is 2. The SMILES string of the molecule is O=C1/C(=C/c2cccc3c2OCO3)Cc2c(F)cc(Br)cc21. The van der Waals surface area contributed by atoms with E-state index >= 15 is 0 Å². The van der Waals surface area contributed by atoms with Crippen molar-refractivity contribution in [2.75, 3.05) is 6.79 Å². The molecule has 0 aromatic heterocycles. The monoisotopic (exact) mass is 360 g/mol. The van der Waals surface area contributed by atoms with Crippen molar-refractivity contribution >= 4 is 27.8 Å². The van der Waals surface area contributed by atoms with E-state index in [1.165, 1.54) is 6.07 Å². The zero-order valence-electron chi connectivity index (χ0n) is 11.4. The highest BCUT2D eigenvalue weighted by Gasteiger charge is 2.28. The fourth-order valence-corrected chi connectivity index (χ4v) is 3.23. The van der Waals surface area contributed by atoms with Gasteiger partial charge in [-0.05, 0) is 24.3 Å². The third kappa shape index (κ3) is 2.04. The van der Waals surface area contributed by atoms with Crippen molar-refractivity contribution in [1.29, 1.82) is 0 Å². The molecule has 0 spiro atoms. The van der Waals surface area contributed by atoms with Gasteiger partial charge in [0.1, 0.15) is 5.82 Å². The van der Waals surface area contributed by atoms with Crippen LogP contribution in [0.25, 0.3) is 6.08 Å². The summed E-state index contributed by atoms with van der Waals surface area (Å²) in [5, 5.41) is 0. The number of allylic oxidation sites excluding steroid dienone is 1. The van der Waals surface area contributed by atoms with E-state index in [1.807, 2.05) is 18.2 Å². The third-order valence-corrected chi connectivity index (χ3v) is 4.28. The summed E-state index contributed by atoms with van der Waals surface area (Å²) in [6.07, 6.45) is 2.04. The van der Waals surface area contributed by atoms with Gasteiger partial charge in [-0.1, -0.05) is 28.1 Å². The first-order valence-electron chi connectivity index (χ1n) is 6.75. The van der Waals surface area contributed by atoms with Gasteiger partial charge in [0.15, 0.2) is 17.3 Å². The molecule has 2 aromatic rings. The number of fused-ring (bicyclic) bond motifs is 2. The molecule has 1 aliphatic carbocycles. The summed E-state index contributed by atoms with van der Waals surface area (Å²) in [5.41, 5.74) is 2.19. The van der Waals surface area contributed by atoms with E-state index in [0.29, 0.717) is 32.7 Å².